The third kappa shape index (κ3) is 7.43. The van der Waals surface area contributed by atoms with Gasteiger partial charge in [-0.2, -0.15) is 0 Å². The minimum Gasteiger partial charge on any atom is -0.457 e. The van der Waals surface area contributed by atoms with Gasteiger partial charge in [-0.3, -0.25) is 0 Å². The highest BCUT2D eigenvalue weighted by Gasteiger charge is 2.10. The topological polar surface area (TPSA) is 88.1 Å². The number of esters is 3. The van der Waals surface area contributed by atoms with Crippen molar-refractivity contribution in [3.63, 3.8) is 0 Å². The molecule has 0 saturated carbocycles. The van der Waals surface area contributed by atoms with Crippen LogP contribution in [-0.2, 0) is 25.7 Å². The first-order valence-corrected chi connectivity index (χ1v) is 11.0. The summed E-state index contributed by atoms with van der Waals surface area (Å²) in [5.41, 5.74) is 3.77. The zero-order valence-electron chi connectivity index (χ0n) is 20.1. The van der Waals surface area contributed by atoms with Crippen LogP contribution in [0.4, 0.5) is 0 Å². The normalized spacial score (nSPS) is 10.2. The van der Waals surface area contributed by atoms with E-state index in [1.54, 1.807) is 50.2 Å². The highest BCUT2D eigenvalue weighted by Crippen LogP contribution is 2.23. The largest absolute Gasteiger partial charge is 0.457 e. The Bertz CT molecular complexity index is 1250. The molecule has 184 valence electrons. The molecule has 0 atom stereocenters. The lowest BCUT2D eigenvalue weighted by Gasteiger charge is -2.09. The van der Waals surface area contributed by atoms with Gasteiger partial charge in [-0.15, -0.1) is 0 Å². The van der Waals surface area contributed by atoms with Gasteiger partial charge in [-0.05, 0) is 66.9 Å². The van der Waals surface area contributed by atoms with Crippen molar-refractivity contribution in [1.82, 2.24) is 0 Å². The van der Waals surface area contributed by atoms with E-state index in [0.717, 1.165) is 16.7 Å². The van der Waals surface area contributed by atoms with Crippen LogP contribution in [0.2, 0.25) is 0 Å². The van der Waals surface area contributed by atoms with Crippen molar-refractivity contribution in [3.8, 4) is 22.6 Å². The molecule has 0 amide bonds. The van der Waals surface area contributed by atoms with Crippen LogP contribution in [0.5, 0.6) is 11.5 Å². The number of ether oxygens (including phenoxy) is 4. The van der Waals surface area contributed by atoms with Crippen LogP contribution in [0.1, 0.15) is 29.8 Å². The Morgan fingerprint density at radius 3 is 1.72 bits per heavy atom. The van der Waals surface area contributed by atoms with Gasteiger partial charge >= 0.3 is 17.9 Å². The summed E-state index contributed by atoms with van der Waals surface area (Å²) in [6.07, 6.45) is 0. The van der Waals surface area contributed by atoms with Crippen molar-refractivity contribution in [2.75, 3.05) is 6.79 Å². The predicted octanol–water partition coefficient (Wildman–Crippen LogP) is 5.65. The molecule has 3 aromatic carbocycles. The summed E-state index contributed by atoms with van der Waals surface area (Å²) in [5, 5.41) is 0. The van der Waals surface area contributed by atoms with Crippen molar-refractivity contribution in [2.24, 2.45) is 0 Å². The first-order chi connectivity index (χ1) is 17.2. The molecule has 0 radical (unpaired) electrons. The van der Waals surface area contributed by atoms with Gasteiger partial charge in [-0.25, -0.2) is 14.4 Å². The average molecular weight is 487 g/mol. The molecule has 7 nitrogen and oxygen atoms in total. The molecule has 0 saturated heterocycles. The molecule has 0 aliphatic carbocycles. The Kier molecular flexibility index (Phi) is 8.78. The van der Waals surface area contributed by atoms with E-state index in [0.29, 0.717) is 22.6 Å². The zero-order valence-corrected chi connectivity index (χ0v) is 20.1. The number of rotatable bonds is 10. The molecule has 0 heterocycles. The number of benzene rings is 3. The van der Waals surface area contributed by atoms with Gasteiger partial charge in [-0.1, -0.05) is 49.6 Å². The van der Waals surface area contributed by atoms with Crippen molar-refractivity contribution in [2.45, 2.75) is 20.5 Å². The lowest BCUT2D eigenvalue weighted by Crippen LogP contribution is -2.10. The van der Waals surface area contributed by atoms with Gasteiger partial charge in [0.2, 0.25) is 6.79 Å². The predicted molar refractivity (Wildman–Crippen MR) is 134 cm³/mol. The molecule has 0 aliphatic heterocycles. The first-order valence-electron chi connectivity index (χ1n) is 11.0. The van der Waals surface area contributed by atoms with Crippen molar-refractivity contribution < 1.29 is 33.3 Å². The maximum atomic E-state index is 12.5. The smallest absolute Gasteiger partial charge is 0.343 e. The van der Waals surface area contributed by atoms with Crippen LogP contribution < -0.4 is 9.47 Å². The summed E-state index contributed by atoms with van der Waals surface area (Å²) in [5.74, 6) is -0.662. The summed E-state index contributed by atoms with van der Waals surface area (Å²) in [7, 11) is 0. The van der Waals surface area contributed by atoms with Gasteiger partial charge in [0.1, 0.15) is 18.1 Å². The molecule has 0 unspecified atom stereocenters. The second-order valence-electron chi connectivity index (χ2n) is 7.97. The minimum atomic E-state index is -0.537. The number of hydrogen-bond donors (Lipinski definition) is 0. The van der Waals surface area contributed by atoms with E-state index in [1.807, 2.05) is 36.4 Å². The van der Waals surface area contributed by atoms with E-state index >= 15 is 0 Å². The molecule has 0 bridgehead atoms. The van der Waals surface area contributed by atoms with E-state index in [2.05, 4.69) is 13.2 Å². The molecule has 36 heavy (non-hydrogen) atoms. The summed E-state index contributed by atoms with van der Waals surface area (Å²) < 4.78 is 20.7. The number of carbonyl (C=O) groups excluding carboxylic acids is 3. The summed E-state index contributed by atoms with van der Waals surface area (Å²) in [4.78, 5) is 35.4. The van der Waals surface area contributed by atoms with Gasteiger partial charge < -0.3 is 18.9 Å². The van der Waals surface area contributed by atoms with E-state index in [9.17, 15) is 14.4 Å². The van der Waals surface area contributed by atoms with Gasteiger partial charge in [0.15, 0.2) is 0 Å². The molecule has 7 heteroatoms. The molecule has 0 N–H and O–H groups in total. The highest BCUT2D eigenvalue weighted by atomic mass is 16.7. The van der Waals surface area contributed by atoms with E-state index in [-0.39, 0.29) is 19.0 Å². The van der Waals surface area contributed by atoms with Crippen molar-refractivity contribution >= 4 is 17.9 Å². The fourth-order valence-electron chi connectivity index (χ4n) is 2.91. The maximum absolute atomic E-state index is 12.5. The average Bonchev–Trinajstić information content (AvgIpc) is 2.88. The monoisotopic (exact) mass is 486 g/mol. The third-order valence-electron chi connectivity index (χ3n) is 4.92. The molecule has 0 aromatic heterocycles. The standard InChI is InChI=1S/C29H26O7/c1-19(2)27(30)33-17-21-5-7-22(8-6-21)23-9-11-24(12-10-23)29(32)36-26-15-13-25(14-16-26)34-18-35-28(31)20(3)4/h5-16H,1,3,17-18H2,2,4H3. The number of carbonyl (C=O) groups is 3. The quantitative estimate of drug-likeness (QED) is 0.158. The SMILES string of the molecule is C=C(C)C(=O)OCOc1ccc(OC(=O)c2ccc(-c3ccc(COC(=O)C(=C)C)cc3)cc2)cc1. The Morgan fingerprint density at radius 1 is 0.667 bits per heavy atom. The van der Waals surface area contributed by atoms with Crippen LogP contribution in [0.25, 0.3) is 11.1 Å². The second-order valence-corrected chi connectivity index (χ2v) is 7.97. The van der Waals surface area contributed by atoms with Gasteiger partial charge in [0.25, 0.3) is 0 Å². The van der Waals surface area contributed by atoms with Crippen LogP contribution in [0, 0.1) is 0 Å². The Hall–Kier alpha value is -4.65. The fourth-order valence-corrected chi connectivity index (χ4v) is 2.91. The minimum absolute atomic E-state index is 0.173. The summed E-state index contributed by atoms with van der Waals surface area (Å²) in [6, 6.07) is 21.0. The maximum Gasteiger partial charge on any atom is 0.343 e. The first kappa shape index (κ1) is 26.0. The fraction of sp³-hybridized carbons (Fsp3) is 0.138. The molecule has 0 fully saturated rings. The molecular weight excluding hydrogens is 460 g/mol. The lowest BCUT2D eigenvalue weighted by atomic mass is 10.0. The highest BCUT2D eigenvalue weighted by molar-refractivity contribution is 5.91. The summed E-state index contributed by atoms with van der Waals surface area (Å²) >= 11 is 0. The molecular formula is C29H26O7. The molecule has 0 spiro atoms. The van der Waals surface area contributed by atoms with Crippen molar-refractivity contribution in [1.29, 1.82) is 0 Å². The second kappa shape index (κ2) is 12.2. The van der Waals surface area contributed by atoms with E-state index < -0.39 is 17.9 Å². The molecule has 0 aliphatic rings. The molecule has 3 aromatic rings. The van der Waals surface area contributed by atoms with Crippen molar-refractivity contribution in [3.05, 3.63) is 108 Å². The zero-order chi connectivity index (χ0) is 26.1. The third-order valence-corrected chi connectivity index (χ3v) is 4.92. The number of hydrogen-bond acceptors (Lipinski definition) is 7. The Labute approximate surface area is 209 Å². The Morgan fingerprint density at radius 2 is 1.17 bits per heavy atom. The van der Waals surface area contributed by atoms with E-state index in [1.165, 1.54) is 0 Å². The van der Waals surface area contributed by atoms with Crippen LogP contribution in [0.15, 0.2) is 97.1 Å². The van der Waals surface area contributed by atoms with Crippen LogP contribution in [-0.4, -0.2) is 24.7 Å². The van der Waals surface area contributed by atoms with Crippen LogP contribution >= 0.6 is 0 Å². The Balaban J connectivity index is 1.53. The molecule has 3 rings (SSSR count). The van der Waals surface area contributed by atoms with Crippen LogP contribution in [0.3, 0.4) is 0 Å². The van der Waals surface area contributed by atoms with Gasteiger partial charge in [0.05, 0.1) is 5.56 Å². The van der Waals surface area contributed by atoms with E-state index in [4.69, 9.17) is 18.9 Å². The lowest BCUT2D eigenvalue weighted by molar-refractivity contribution is -0.145. The van der Waals surface area contributed by atoms with Gasteiger partial charge in [0, 0.05) is 11.1 Å². The summed E-state index contributed by atoms with van der Waals surface area (Å²) in [6.45, 7) is 10.1.